The van der Waals surface area contributed by atoms with Crippen LogP contribution >= 0.6 is 0 Å². The Morgan fingerprint density at radius 1 is 1.64 bits per heavy atom. The minimum Gasteiger partial charge on any atom is -0.291 e. The molecule has 0 amide bonds. The van der Waals surface area contributed by atoms with Gasteiger partial charge in [0.2, 0.25) is 5.95 Å². The number of alkyl halides is 1. The first-order valence-corrected chi connectivity index (χ1v) is 2.95. The summed E-state index contributed by atoms with van der Waals surface area (Å²) >= 11 is 0. The van der Waals surface area contributed by atoms with Gasteiger partial charge >= 0.3 is 0 Å². The topological polar surface area (TPSA) is 30.0 Å². The van der Waals surface area contributed by atoms with Gasteiger partial charge in [-0.05, 0) is 12.1 Å². The summed E-state index contributed by atoms with van der Waals surface area (Å²) in [5, 5.41) is 0. The first-order valence-electron chi connectivity index (χ1n) is 2.95. The van der Waals surface area contributed by atoms with Crippen LogP contribution < -0.4 is 0 Å². The fourth-order valence-corrected chi connectivity index (χ4v) is 0.666. The number of carbonyl (C=O) groups excluding carboxylic acids is 1. The molecule has 0 aromatic carbocycles. The maximum absolute atomic E-state index is 12.5. The predicted molar refractivity (Wildman–Crippen MR) is 34.5 cm³/mol. The highest BCUT2D eigenvalue weighted by Crippen LogP contribution is 2.03. The molecule has 0 N–H and O–H groups in total. The first-order chi connectivity index (χ1) is 5.25. The molecular formula is C7H5F2NO. The Morgan fingerprint density at radius 2 is 2.36 bits per heavy atom. The summed E-state index contributed by atoms with van der Waals surface area (Å²) in [5.41, 5.74) is -0.296. The molecule has 1 aromatic heterocycles. The monoisotopic (exact) mass is 157 g/mol. The van der Waals surface area contributed by atoms with Gasteiger partial charge in [0.15, 0.2) is 12.5 Å². The van der Waals surface area contributed by atoms with E-state index in [0.29, 0.717) is 0 Å². The average molecular weight is 157 g/mol. The van der Waals surface area contributed by atoms with Gasteiger partial charge in [0.25, 0.3) is 0 Å². The number of halogens is 2. The molecule has 0 aliphatic carbocycles. The molecule has 0 fully saturated rings. The van der Waals surface area contributed by atoms with Crippen molar-refractivity contribution >= 4 is 5.78 Å². The van der Waals surface area contributed by atoms with E-state index in [1.54, 1.807) is 0 Å². The normalized spacial score (nSPS) is 9.64. The Balaban J connectivity index is 3.03. The van der Waals surface area contributed by atoms with E-state index in [1.165, 1.54) is 18.3 Å². The fourth-order valence-electron chi connectivity index (χ4n) is 0.666. The number of aromatic nitrogens is 1. The molecule has 0 aliphatic rings. The fraction of sp³-hybridized carbons (Fsp3) is 0.143. The standard InChI is InChI=1S/C7H5F2NO/c8-4-6(11)5-2-1-3-10-7(5)9/h1-3H,4H2. The smallest absolute Gasteiger partial charge is 0.223 e. The first kappa shape index (κ1) is 7.78. The van der Waals surface area contributed by atoms with Crippen molar-refractivity contribution in [1.82, 2.24) is 4.98 Å². The molecule has 0 atom stereocenters. The lowest BCUT2D eigenvalue weighted by molar-refractivity contribution is 0.0954. The Hall–Kier alpha value is -1.32. The zero-order valence-electron chi connectivity index (χ0n) is 5.55. The summed E-state index contributed by atoms with van der Waals surface area (Å²) in [6.45, 7) is -1.19. The molecule has 2 nitrogen and oxygen atoms in total. The third-order valence-electron chi connectivity index (χ3n) is 1.18. The van der Waals surface area contributed by atoms with Gasteiger partial charge in [-0.3, -0.25) is 4.79 Å². The molecule has 1 aromatic rings. The number of Topliss-reactive ketones (excluding diaryl/α,β-unsaturated/α-hetero) is 1. The third kappa shape index (κ3) is 1.58. The lowest BCUT2D eigenvalue weighted by Gasteiger charge is -1.94. The van der Waals surface area contributed by atoms with Crippen molar-refractivity contribution in [1.29, 1.82) is 0 Å². The Bertz CT molecular complexity index is 275. The SMILES string of the molecule is O=C(CF)c1cccnc1F. The molecule has 0 radical (unpaired) electrons. The van der Waals surface area contributed by atoms with Crippen LogP contribution in [0.2, 0.25) is 0 Å². The van der Waals surface area contributed by atoms with Crippen LogP contribution in [0, 0.1) is 5.95 Å². The van der Waals surface area contributed by atoms with E-state index < -0.39 is 18.4 Å². The maximum atomic E-state index is 12.5. The summed E-state index contributed by atoms with van der Waals surface area (Å²) in [4.78, 5) is 13.8. The average Bonchev–Trinajstić information content (AvgIpc) is 2.04. The summed E-state index contributed by atoms with van der Waals surface area (Å²) in [7, 11) is 0. The predicted octanol–water partition coefficient (Wildman–Crippen LogP) is 1.37. The third-order valence-corrected chi connectivity index (χ3v) is 1.18. The summed E-state index contributed by atoms with van der Waals surface area (Å²) in [6, 6.07) is 2.58. The Morgan fingerprint density at radius 3 is 2.91 bits per heavy atom. The van der Waals surface area contributed by atoms with Crippen LogP contribution in [0.1, 0.15) is 10.4 Å². The van der Waals surface area contributed by atoms with Crippen LogP contribution in [-0.2, 0) is 0 Å². The zero-order valence-corrected chi connectivity index (χ0v) is 5.55. The molecule has 0 saturated heterocycles. The van der Waals surface area contributed by atoms with E-state index in [2.05, 4.69) is 4.98 Å². The van der Waals surface area contributed by atoms with Crippen molar-refractivity contribution in [3.8, 4) is 0 Å². The van der Waals surface area contributed by atoms with Crippen LogP contribution in [0.3, 0.4) is 0 Å². The second-order valence-corrected chi connectivity index (χ2v) is 1.90. The van der Waals surface area contributed by atoms with Gasteiger partial charge < -0.3 is 0 Å². The maximum Gasteiger partial charge on any atom is 0.223 e. The molecular weight excluding hydrogens is 152 g/mol. The molecule has 11 heavy (non-hydrogen) atoms. The highest BCUT2D eigenvalue weighted by atomic mass is 19.1. The number of hydrogen-bond acceptors (Lipinski definition) is 2. The van der Waals surface area contributed by atoms with Crippen LogP contribution in [0.5, 0.6) is 0 Å². The van der Waals surface area contributed by atoms with Gasteiger partial charge in [-0.25, -0.2) is 9.37 Å². The Labute approximate surface area is 61.9 Å². The number of rotatable bonds is 2. The lowest BCUT2D eigenvalue weighted by atomic mass is 10.2. The van der Waals surface area contributed by atoms with Gasteiger partial charge in [-0.1, -0.05) is 0 Å². The van der Waals surface area contributed by atoms with E-state index in [-0.39, 0.29) is 5.56 Å². The van der Waals surface area contributed by atoms with Gasteiger partial charge in [0.1, 0.15) is 0 Å². The van der Waals surface area contributed by atoms with Crippen LogP contribution in [-0.4, -0.2) is 17.4 Å². The summed E-state index contributed by atoms with van der Waals surface area (Å²) < 4.78 is 24.2. The zero-order chi connectivity index (χ0) is 8.27. The van der Waals surface area contributed by atoms with E-state index in [0.717, 1.165) is 0 Å². The number of ketones is 1. The number of pyridine rings is 1. The van der Waals surface area contributed by atoms with E-state index in [4.69, 9.17) is 0 Å². The number of hydrogen-bond donors (Lipinski definition) is 0. The summed E-state index contributed by atoms with van der Waals surface area (Å²) in [6.07, 6.45) is 1.20. The van der Waals surface area contributed by atoms with Crippen LogP contribution in [0.25, 0.3) is 0 Å². The molecule has 0 saturated carbocycles. The van der Waals surface area contributed by atoms with Crippen LogP contribution in [0.4, 0.5) is 8.78 Å². The van der Waals surface area contributed by atoms with Crippen molar-refractivity contribution in [3.63, 3.8) is 0 Å². The van der Waals surface area contributed by atoms with Gasteiger partial charge in [-0.15, -0.1) is 0 Å². The molecule has 0 aliphatic heterocycles. The van der Waals surface area contributed by atoms with Crippen molar-refractivity contribution in [2.24, 2.45) is 0 Å². The highest BCUT2D eigenvalue weighted by Gasteiger charge is 2.10. The van der Waals surface area contributed by atoms with Crippen molar-refractivity contribution < 1.29 is 13.6 Å². The van der Waals surface area contributed by atoms with E-state index in [1.807, 2.05) is 0 Å². The second kappa shape index (κ2) is 3.18. The molecule has 0 bridgehead atoms. The number of carbonyl (C=O) groups is 1. The largest absolute Gasteiger partial charge is 0.291 e. The van der Waals surface area contributed by atoms with Gasteiger partial charge in [-0.2, -0.15) is 4.39 Å². The van der Waals surface area contributed by atoms with Gasteiger partial charge in [0, 0.05) is 6.20 Å². The molecule has 4 heteroatoms. The van der Waals surface area contributed by atoms with Gasteiger partial charge in [0.05, 0.1) is 5.56 Å². The summed E-state index contributed by atoms with van der Waals surface area (Å²) in [5.74, 6) is -1.80. The molecule has 1 rings (SSSR count). The molecule has 0 spiro atoms. The van der Waals surface area contributed by atoms with Crippen molar-refractivity contribution in [2.45, 2.75) is 0 Å². The minimum absolute atomic E-state index is 0.296. The van der Waals surface area contributed by atoms with E-state index >= 15 is 0 Å². The molecule has 1 heterocycles. The second-order valence-electron chi connectivity index (χ2n) is 1.90. The lowest BCUT2D eigenvalue weighted by Crippen LogP contribution is -2.04. The minimum atomic E-state index is -1.19. The quantitative estimate of drug-likeness (QED) is 0.479. The van der Waals surface area contributed by atoms with Crippen LogP contribution in [0.15, 0.2) is 18.3 Å². The number of nitrogens with zero attached hydrogens (tertiary/aromatic N) is 1. The van der Waals surface area contributed by atoms with Crippen molar-refractivity contribution in [3.05, 3.63) is 29.8 Å². The highest BCUT2D eigenvalue weighted by molar-refractivity contribution is 5.96. The molecule has 0 unspecified atom stereocenters. The Kier molecular flexibility index (Phi) is 2.25. The van der Waals surface area contributed by atoms with Crippen molar-refractivity contribution in [2.75, 3.05) is 6.67 Å². The van der Waals surface area contributed by atoms with E-state index in [9.17, 15) is 13.6 Å². The molecule has 58 valence electrons.